The molecular formula is C14H18N2O3. The Hall–Kier alpha value is -2.04. The summed E-state index contributed by atoms with van der Waals surface area (Å²) in [7, 11) is 0. The van der Waals surface area contributed by atoms with E-state index in [9.17, 15) is 14.7 Å². The molecule has 1 saturated heterocycles. The van der Waals surface area contributed by atoms with Crippen molar-refractivity contribution in [2.45, 2.75) is 25.8 Å². The van der Waals surface area contributed by atoms with Gasteiger partial charge in [-0.05, 0) is 25.3 Å². The van der Waals surface area contributed by atoms with Crippen molar-refractivity contribution in [2.24, 2.45) is 0 Å². The van der Waals surface area contributed by atoms with Gasteiger partial charge in [-0.25, -0.2) is 9.59 Å². The maximum Gasteiger partial charge on any atom is 0.330 e. The van der Waals surface area contributed by atoms with Crippen LogP contribution in [-0.2, 0) is 4.79 Å². The van der Waals surface area contributed by atoms with Crippen molar-refractivity contribution >= 4 is 12.0 Å². The van der Waals surface area contributed by atoms with Crippen molar-refractivity contribution < 1.29 is 14.7 Å². The Labute approximate surface area is 112 Å². The van der Waals surface area contributed by atoms with Crippen molar-refractivity contribution in [2.75, 3.05) is 13.1 Å². The van der Waals surface area contributed by atoms with Crippen molar-refractivity contribution in [3.63, 3.8) is 0 Å². The summed E-state index contributed by atoms with van der Waals surface area (Å²) >= 11 is 0. The number of carbonyl (C=O) groups is 2. The number of hydrogen-bond donors (Lipinski definition) is 2. The molecule has 1 aromatic rings. The lowest BCUT2D eigenvalue weighted by molar-refractivity contribution is -0.139. The summed E-state index contributed by atoms with van der Waals surface area (Å²) in [5, 5.41) is 11.9. The average Bonchev–Trinajstić information content (AvgIpc) is 2.89. The predicted octanol–water partition coefficient (Wildman–Crippen LogP) is 1.93. The second kappa shape index (κ2) is 5.73. The molecule has 0 bridgehead atoms. The number of likely N-dealkylation sites (tertiary alicyclic amines) is 1. The van der Waals surface area contributed by atoms with Crippen LogP contribution in [0.15, 0.2) is 24.3 Å². The maximum absolute atomic E-state index is 12.0. The van der Waals surface area contributed by atoms with E-state index in [2.05, 4.69) is 5.32 Å². The Morgan fingerprint density at radius 2 is 2.00 bits per heavy atom. The third kappa shape index (κ3) is 3.24. The normalized spacial score (nSPS) is 16.2. The van der Waals surface area contributed by atoms with Gasteiger partial charge in [0.15, 0.2) is 6.04 Å². The van der Waals surface area contributed by atoms with Crippen molar-refractivity contribution in [1.29, 1.82) is 0 Å². The van der Waals surface area contributed by atoms with Crippen molar-refractivity contribution in [1.82, 2.24) is 10.2 Å². The van der Waals surface area contributed by atoms with Gasteiger partial charge in [-0.1, -0.05) is 29.8 Å². The Kier molecular flexibility index (Phi) is 4.04. The molecule has 1 aliphatic rings. The summed E-state index contributed by atoms with van der Waals surface area (Å²) in [6.45, 7) is 3.29. The molecule has 1 fully saturated rings. The number of nitrogens with zero attached hydrogens (tertiary/aromatic N) is 1. The molecule has 1 aromatic carbocycles. The van der Waals surface area contributed by atoms with Crippen LogP contribution in [-0.4, -0.2) is 35.1 Å². The van der Waals surface area contributed by atoms with E-state index < -0.39 is 12.0 Å². The van der Waals surface area contributed by atoms with Crippen LogP contribution in [0.25, 0.3) is 0 Å². The zero-order valence-electron chi connectivity index (χ0n) is 10.9. The number of carboxylic acids is 1. The van der Waals surface area contributed by atoms with Crippen LogP contribution < -0.4 is 5.32 Å². The van der Waals surface area contributed by atoms with Crippen molar-refractivity contribution in [3.05, 3.63) is 35.4 Å². The van der Waals surface area contributed by atoms with Crippen LogP contribution in [0.4, 0.5) is 4.79 Å². The molecule has 0 unspecified atom stereocenters. The summed E-state index contributed by atoms with van der Waals surface area (Å²) in [5.41, 5.74) is 1.57. The minimum absolute atomic E-state index is 0.300. The van der Waals surface area contributed by atoms with Crippen LogP contribution in [0.5, 0.6) is 0 Å². The molecule has 0 aliphatic carbocycles. The number of rotatable bonds is 3. The Morgan fingerprint density at radius 1 is 1.32 bits per heavy atom. The first-order valence-corrected chi connectivity index (χ1v) is 6.43. The molecular weight excluding hydrogens is 244 g/mol. The van der Waals surface area contributed by atoms with E-state index >= 15 is 0 Å². The summed E-state index contributed by atoms with van der Waals surface area (Å²) in [6, 6.07) is 5.89. The maximum atomic E-state index is 12.0. The van der Waals surface area contributed by atoms with Gasteiger partial charge in [-0.2, -0.15) is 0 Å². The van der Waals surface area contributed by atoms with Gasteiger partial charge in [0.1, 0.15) is 0 Å². The van der Waals surface area contributed by atoms with Crippen LogP contribution in [0.3, 0.4) is 0 Å². The smallest absolute Gasteiger partial charge is 0.330 e. The van der Waals surface area contributed by atoms with Gasteiger partial charge < -0.3 is 15.3 Å². The van der Waals surface area contributed by atoms with Gasteiger partial charge in [-0.15, -0.1) is 0 Å². The fraction of sp³-hybridized carbons (Fsp3) is 0.429. The molecule has 2 amide bonds. The third-order valence-electron chi connectivity index (χ3n) is 3.28. The molecule has 1 aliphatic heterocycles. The number of carboxylic acid groups (broad SMARTS) is 1. The van der Waals surface area contributed by atoms with Gasteiger partial charge in [0.05, 0.1) is 0 Å². The summed E-state index contributed by atoms with van der Waals surface area (Å²) in [5.74, 6) is -1.04. The highest BCUT2D eigenvalue weighted by atomic mass is 16.4. The van der Waals surface area contributed by atoms with E-state index in [1.165, 1.54) is 0 Å². The molecule has 5 nitrogen and oxygen atoms in total. The molecule has 102 valence electrons. The quantitative estimate of drug-likeness (QED) is 0.874. The fourth-order valence-corrected chi connectivity index (χ4v) is 2.27. The molecule has 0 aromatic heterocycles. The molecule has 2 rings (SSSR count). The predicted molar refractivity (Wildman–Crippen MR) is 70.9 cm³/mol. The van der Waals surface area contributed by atoms with Gasteiger partial charge in [0, 0.05) is 13.1 Å². The van der Waals surface area contributed by atoms with E-state index in [1.807, 2.05) is 13.0 Å². The van der Waals surface area contributed by atoms with Gasteiger partial charge in [-0.3, -0.25) is 0 Å². The monoisotopic (exact) mass is 262 g/mol. The van der Waals surface area contributed by atoms with E-state index in [4.69, 9.17) is 0 Å². The Morgan fingerprint density at radius 3 is 2.58 bits per heavy atom. The highest BCUT2D eigenvalue weighted by molar-refractivity contribution is 5.83. The van der Waals surface area contributed by atoms with Gasteiger partial charge in [0.2, 0.25) is 0 Å². The van der Waals surface area contributed by atoms with Gasteiger partial charge in [0.25, 0.3) is 0 Å². The molecule has 2 N–H and O–H groups in total. The Balaban J connectivity index is 2.12. The topological polar surface area (TPSA) is 69.6 Å². The lowest BCUT2D eigenvalue weighted by Gasteiger charge is -2.21. The number of aliphatic carboxylic acids is 1. The van der Waals surface area contributed by atoms with E-state index in [0.29, 0.717) is 18.7 Å². The number of aryl methyl sites for hydroxylation is 1. The molecule has 1 atom stereocenters. The van der Waals surface area contributed by atoms with E-state index in [-0.39, 0.29) is 6.03 Å². The number of urea groups is 1. The number of hydrogen-bond acceptors (Lipinski definition) is 2. The molecule has 0 spiro atoms. The second-order valence-corrected chi connectivity index (χ2v) is 4.83. The summed E-state index contributed by atoms with van der Waals surface area (Å²) in [6.07, 6.45) is 1.96. The number of carbonyl (C=O) groups excluding carboxylic acids is 1. The zero-order chi connectivity index (χ0) is 13.8. The zero-order valence-corrected chi connectivity index (χ0v) is 10.9. The first kappa shape index (κ1) is 13.4. The molecule has 5 heteroatoms. The molecule has 0 saturated carbocycles. The lowest BCUT2D eigenvalue weighted by Crippen LogP contribution is -2.42. The SMILES string of the molecule is Cc1cccc([C@H](NC(=O)N2CCCC2)C(=O)O)c1. The van der Waals surface area contributed by atoms with E-state index in [0.717, 1.165) is 18.4 Å². The number of amides is 2. The van der Waals surface area contributed by atoms with Crippen LogP contribution >= 0.6 is 0 Å². The van der Waals surface area contributed by atoms with Crippen LogP contribution in [0.1, 0.15) is 30.0 Å². The van der Waals surface area contributed by atoms with Crippen molar-refractivity contribution in [3.8, 4) is 0 Å². The molecule has 19 heavy (non-hydrogen) atoms. The summed E-state index contributed by atoms with van der Waals surface area (Å²) < 4.78 is 0. The standard InChI is InChI=1S/C14H18N2O3/c1-10-5-4-6-11(9-10)12(13(17)18)15-14(19)16-7-2-3-8-16/h4-6,9,12H,2-3,7-8H2,1H3,(H,15,19)(H,17,18)/t12-/m0/s1. The second-order valence-electron chi connectivity index (χ2n) is 4.83. The number of benzene rings is 1. The van der Waals surface area contributed by atoms with Crippen LogP contribution in [0, 0.1) is 6.92 Å². The largest absolute Gasteiger partial charge is 0.479 e. The average molecular weight is 262 g/mol. The molecule has 0 radical (unpaired) electrons. The first-order chi connectivity index (χ1) is 9.08. The highest BCUT2D eigenvalue weighted by Gasteiger charge is 2.26. The fourth-order valence-electron chi connectivity index (χ4n) is 2.27. The summed E-state index contributed by atoms with van der Waals surface area (Å²) in [4.78, 5) is 25.0. The highest BCUT2D eigenvalue weighted by Crippen LogP contribution is 2.16. The number of nitrogens with one attached hydrogen (secondary N) is 1. The Bertz CT molecular complexity index is 481. The third-order valence-corrected chi connectivity index (χ3v) is 3.28. The lowest BCUT2D eigenvalue weighted by atomic mass is 10.0. The molecule has 1 heterocycles. The minimum Gasteiger partial charge on any atom is -0.479 e. The van der Waals surface area contributed by atoms with Gasteiger partial charge >= 0.3 is 12.0 Å². The first-order valence-electron chi connectivity index (χ1n) is 6.43. The minimum atomic E-state index is -1.04. The van der Waals surface area contributed by atoms with E-state index in [1.54, 1.807) is 23.1 Å². The van der Waals surface area contributed by atoms with Crippen LogP contribution in [0.2, 0.25) is 0 Å².